The summed E-state index contributed by atoms with van der Waals surface area (Å²) in [6.07, 6.45) is 2.22. The Hall–Kier alpha value is -1.55. The molecule has 0 fully saturated rings. The lowest BCUT2D eigenvalue weighted by molar-refractivity contribution is 0.202. The van der Waals surface area contributed by atoms with Gasteiger partial charge in [0.05, 0.1) is 12.8 Å². The van der Waals surface area contributed by atoms with Crippen LogP contribution in [0, 0.1) is 13.8 Å². The van der Waals surface area contributed by atoms with Gasteiger partial charge in [-0.2, -0.15) is 0 Å². The van der Waals surface area contributed by atoms with Gasteiger partial charge in [0.1, 0.15) is 12.4 Å². The molecule has 1 aromatic carbocycles. The van der Waals surface area contributed by atoms with Crippen LogP contribution in [0.4, 0.5) is 0 Å². The summed E-state index contributed by atoms with van der Waals surface area (Å²) >= 11 is 0. The lowest BCUT2D eigenvalue weighted by Gasteiger charge is -2.12. The van der Waals surface area contributed by atoms with Gasteiger partial charge in [-0.1, -0.05) is 11.2 Å². The van der Waals surface area contributed by atoms with Crippen LogP contribution >= 0.6 is 0 Å². The van der Waals surface area contributed by atoms with Gasteiger partial charge < -0.3 is 14.7 Å². The number of methoxy groups -OCH3 is 1. The van der Waals surface area contributed by atoms with Crippen LogP contribution in [-0.4, -0.2) is 31.7 Å². The van der Waals surface area contributed by atoms with E-state index in [2.05, 4.69) is 18.1 Å². The van der Waals surface area contributed by atoms with Crippen LogP contribution in [0.5, 0.6) is 5.75 Å². The van der Waals surface area contributed by atoms with Gasteiger partial charge in [0.2, 0.25) is 0 Å². The molecule has 0 atom stereocenters. The number of nitrogens with zero attached hydrogens (tertiary/aromatic N) is 1. The van der Waals surface area contributed by atoms with E-state index in [4.69, 9.17) is 14.7 Å². The van der Waals surface area contributed by atoms with Crippen molar-refractivity contribution in [2.45, 2.75) is 20.3 Å². The van der Waals surface area contributed by atoms with Gasteiger partial charge >= 0.3 is 0 Å². The highest BCUT2D eigenvalue weighted by Crippen LogP contribution is 2.23. The molecule has 1 rings (SSSR count). The Labute approximate surface area is 102 Å². The fourth-order valence-electron chi connectivity index (χ4n) is 1.65. The van der Waals surface area contributed by atoms with Crippen molar-refractivity contribution in [2.24, 2.45) is 5.16 Å². The fourth-order valence-corrected chi connectivity index (χ4v) is 1.65. The molecule has 17 heavy (non-hydrogen) atoms. The molecule has 0 spiro atoms. The molecule has 0 aliphatic rings. The third-order valence-electron chi connectivity index (χ3n) is 2.60. The molecule has 0 bridgehead atoms. The van der Waals surface area contributed by atoms with Crippen molar-refractivity contribution in [3.63, 3.8) is 0 Å². The van der Waals surface area contributed by atoms with E-state index in [9.17, 15) is 0 Å². The van der Waals surface area contributed by atoms with Crippen LogP contribution in [-0.2, 0) is 11.2 Å². The van der Waals surface area contributed by atoms with Gasteiger partial charge in [-0.15, -0.1) is 0 Å². The summed E-state index contributed by atoms with van der Waals surface area (Å²) in [4.78, 5) is 0. The maximum absolute atomic E-state index is 8.28. The molecule has 4 heteroatoms. The molecule has 1 N–H and O–H groups in total. The molecule has 0 saturated carbocycles. The molecule has 0 aromatic heterocycles. The highest BCUT2D eigenvalue weighted by molar-refractivity contribution is 5.58. The minimum absolute atomic E-state index is 0.272. The molecule has 94 valence electrons. The van der Waals surface area contributed by atoms with Crippen LogP contribution in [0.2, 0.25) is 0 Å². The van der Waals surface area contributed by atoms with Crippen molar-refractivity contribution in [3.05, 3.63) is 28.8 Å². The van der Waals surface area contributed by atoms with Crippen molar-refractivity contribution >= 4 is 6.21 Å². The fraction of sp³-hybridized carbons (Fsp3) is 0.462. The predicted molar refractivity (Wildman–Crippen MR) is 67.3 cm³/mol. The van der Waals surface area contributed by atoms with E-state index < -0.39 is 0 Å². The van der Waals surface area contributed by atoms with Crippen LogP contribution < -0.4 is 4.74 Å². The lowest BCUT2D eigenvalue weighted by atomic mass is 10.0. The van der Waals surface area contributed by atoms with Crippen LogP contribution in [0.25, 0.3) is 0 Å². The van der Waals surface area contributed by atoms with E-state index in [0.717, 1.165) is 24.3 Å². The van der Waals surface area contributed by atoms with E-state index in [-0.39, 0.29) is 6.61 Å². The first kappa shape index (κ1) is 13.5. The zero-order chi connectivity index (χ0) is 12.7. The molecule has 0 unspecified atom stereocenters. The van der Waals surface area contributed by atoms with Gasteiger partial charge in [-0.05, 0) is 43.0 Å². The largest absolute Gasteiger partial charge is 0.488 e. The second-order valence-corrected chi connectivity index (χ2v) is 3.90. The first-order valence-corrected chi connectivity index (χ1v) is 5.56. The van der Waals surface area contributed by atoms with Crippen molar-refractivity contribution in [1.82, 2.24) is 0 Å². The second kappa shape index (κ2) is 6.91. The Kier molecular flexibility index (Phi) is 5.49. The highest BCUT2D eigenvalue weighted by atomic mass is 16.5. The zero-order valence-electron chi connectivity index (χ0n) is 10.6. The SMILES string of the molecule is COCCc1cc(C)c(OCC=NO)cc1C. The molecule has 0 heterocycles. The summed E-state index contributed by atoms with van der Waals surface area (Å²) in [5.74, 6) is 0.823. The summed E-state index contributed by atoms with van der Waals surface area (Å²) in [5.41, 5.74) is 3.53. The molecular weight excluding hydrogens is 218 g/mol. The average molecular weight is 237 g/mol. The van der Waals surface area contributed by atoms with Crippen molar-refractivity contribution in [1.29, 1.82) is 0 Å². The van der Waals surface area contributed by atoms with Crippen molar-refractivity contribution in [2.75, 3.05) is 20.3 Å². The maximum Gasteiger partial charge on any atom is 0.127 e. The van der Waals surface area contributed by atoms with Crippen LogP contribution in [0.15, 0.2) is 17.3 Å². The van der Waals surface area contributed by atoms with E-state index >= 15 is 0 Å². The summed E-state index contributed by atoms with van der Waals surface area (Å²) < 4.78 is 10.6. The minimum Gasteiger partial charge on any atom is -0.488 e. The third kappa shape index (κ3) is 4.07. The van der Waals surface area contributed by atoms with E-state index in [1.165, 1.54) is 17.3 Å². The Morgan fingerprint density at radius 1 is 1.29 bits per heavy atom. The van der Waals surface area contributed by atoms with Gasteiger partial charge in [0.25, 0.3) is 0 Å². The number of benzene rings is 1. The number of ether oxygens (including phenoxy) is 2. The van der Waals surface area contributed by atoms with Gasteiger partial charge in [-0.25, -0.2) is 0 Å². The maximum atomic E-state index is 8.28. The molecule has 0 saturated heterocycles. The van der Waals surface area contributed by atoms with E-state index in [1.54, 1.807) is 7.11 Å². The Morgan fingerprint density at radius 2 is 2.06 bits per heavy atom. The Bertz CT molecular complexity index is 388. The monoisotopic (exact) mass is 237 g/mol. The molecule has 0 radical (unpaired) electrons. The first-order valence-electron chi connectivity index (χ1n) is 5.56. The normalized spacial score (nSPS) is 11.0. The Balaban J connectivity index is 2.77. The Morgan fingerprint density at radius 3 is 2.71 bits per heavy atom. The smallest absolute Gasteiger partial charge is 0.127 e. The predicted octanol–water partition coefficient (Wildman–Crippen LogP) is 2.33. The minimum atomic E-state index is 0.272. The number of oxime groups is 1. The molecule has 0 aliphatic heterocycles. The standard InChI is InChI=1S/C13H19NO3/c1-10-9-13(17-7-5-14-15)11(2)8-12(10)4-6-16-3/h5,8-9,15H,4,6-7H2,1-3H3. The zero-order valence-corrected chi connectivity index (χ0v) is 10.6. The summed E-state index contributed by atoms with van der Waals surface area (Å²) in [5, 5.41) is 11.2. The van der Waals surface area contributed by atoms with E-state index in [0.29, 0.717) is 0 Å². The lowest BCUT2D eigenvalue weighted by Crippen LogP contribution is -2.03. The number of hydrogen-bond donors (Lipinski definition) is 1. The number of aryl methyl sites for hydroxylation is 2. The molecular formula is C13H19NO3. The molecule has 0 amide bonds. The van der Waals surface area contributed by atoms with Gasteiger partial charge in [0.15, 0.2) is 0 Å². The topological polar surface area (TPSA) is 51.0 Å². The average Bonchev–Trinajstić information content (AvgIpc) is 2.31. The second-order valence-electron chi connectivity index (χ2n) is 3.90. The van der Waals surface area contributed by atoms with Gasteiger partial charge in [0, 0.05) is 7.11 Å². The molecule has 4 nitrogen and oxygen atoms in total. The number of hydrogen-bond acceptors (Lipinski definition) is 4. The molecule has 0 aliphatic carbocycles. The van der Waals surface area contributed by atoms with Gasteiger partial charge in [-0.3, -0.25) is 0 Å². The first-order chi connectivity index (χ1) is 8.19. The van der Waals surface area contributed by atoms with Crippen molar-refractivity contribution in [3.8, 4) is 5.75 Å². The van der Waals surface area contributed by atoms with Crippen LogP contribution in [0.3, 0.4) is 0 Å². The van der Waals surface area contributed by atoms with E-state index in [1.807, 2.05) is 13.0 Å². The summed E-state index contributed by atoms with van der Waals surface area (Å²) in [7, 11) is 1.70. The summed E-state index contributed by atoms with van der Waals surface area (Å²) in [6.45, 7) is 5.05. The molecule has 1 aromatic rings. The number of rotatable bonds is 6. The van der Waals surface area contributed by atoms with Crippen LogP contribution in [0.1, 0.15) is 16.7 Å². The third-order valence-corrected chi connectivity index (χ3v) is 2.60. The summed E-state index contributed by atoms with van der Waals surface area (Å²) in [6, 6.07) is 4.12. The highest BCUT2D eigenvalue weighted by Gasteiger charge is 2.05. The quantitative estimate of drug-likeness (QED) is 0.469. The van der Waals surface area contributed by atoms with Crippen molar-refractivity contribution < 1.29 is 14.7 Å².